The van der Waals surface area contributed by atoms with E-state index in [1.807, 2.05) is 6.92 Å². The van der Waals surface area contributed by atoms with E-state index in [1.54, 1.807) is 14.2 Å². The van der Waals surface area contributed by atoms with E-state index in [1.165, 1.54) is 0 Å². The Hall–Kier alpha value is 0.0569. The highest BCUT2D eigenvalue weighted by atomic mass is 28.2. The lowest BCUT2D eigenvalue weighted by Crippen LogP contribution is -2.55. The fraction of sp³-hybridized carbons (Fsp3) is 1.00. The molecular weight excluding hydrogens is 184 g/mol. The van der Waals surface area contributed by atoms with E-state index < -0.39 is 14.9 Å². The number of hydrogen-bond acceptors (Lipinski definition) is 4. The summed E-state index contributed by atoms with van der Waals surface area (Å²) in [6.45, 7) is 2.73. The summed E-state index contributed by atoms with van der Waals surface area (Å²) in [7, 11) is 2.78. The maximum absolute atomic E-state index is 5.96. The van der Waals surface area contributed by atoms with E-state index >= 15 is 0 Å². The topological polar surface area (TPSA) is 70.5 Å². The van der Waals surface area contributed by atoms with Gasteiger partial charge < -0.3 is 20.9 Å². The molecule has 0 amide bonds. The van der Waals surface area contributed by atoms with Crippen LogP contribution in [-0.2, 0) is 9.47 Å². The molecule has 0 bridgehead atoms. The number of ether oxygens (including phenoxy) is 2. The maximum atomic E-state index is 5.96. The number of hydrogen-bond donors (Lipinski definition) is 2. The standard InChI is InChI=1S/C8H22N2O2Si/c1-4-7(10)8(11-2,12-3)13-6-5-9/h7H,4-6,9-10,13H2,1-3H3. The Morgan fingerprint density at radius 2 is 1.92 bits per heavy atom. The van der Waals surface area contributed by atoms with Gasteiger partial charge in [0.2, 0.25) is 0 Å². The molecule has 5 heteroatoms. The van der Waals surface area contributed by atoms with Crippen LogP contribution in [0.1, 0.15) is 13.3 Å². The maximum Gasteiger partial charge on any atom is 0.158 e. The van der Waals surface area contributed by atoms with Gasteiger partial charge in [-0.2, -0.15) is 0 Å². The lowest BCUT2D eigenvalue weighted by atomic mass is 10.2. The SMILES string of the molecule is CCC(N)C(OC)(OC)[SiH2]CCN. The molecular formula is C8H22N2O2Si. The van der Waals surface area contributed by atoms with Crippen molar-refractivity contribution in [3.63, 3.8) is 0 Å². The van der Waals surface area contributed by atoms with E-state index in [9.17, 15) is 0 Å². The van der Waals surface area contributed by atoms with Gasteiger partial charge >= 0.3 is 0 Å². The molecule has 1 unspecified atom stereocenters. The van der Waals surface area contributed by atoms with Crippen molar-refractivity contribution in [2.75, 3.05) is 20.8 Å². The van der Waals surface area contributed by atoms with Crippen molar-refractivity contribution in [2.24, 2.45) is 11.5 Å². The van der Waals surface area contributed by atoms with Crippen LogP contribution in [-0.4, -0.2) is 41.7 Å². The molecule has 0 aliphatic heterocycles. The van der Waals surface area contributed by atoms with Crippen LogP contribution in [0.25, 0.3) is 0 Å². The normalized spacial score (nSPS) is 15.5. The van der Waals surface area contributed by atoms with Crippen LogP contribution < -0.4 is 11.5 Å². The third-order valence-corrected chi connectivity index (χ3v) is 4.99. The first-order chi connectivity index (χ1) is 6.16. The highest BCUT2D eigenvalue weighted by molar-refractivity contribution is 6.39. The molecule has 0 heterocycles. The summed E-state index contributed by atoms with van der Waals surface area (Å²) in [6.07, 6.45) is 0.860. The molecule has 0 aromatic rings. The first-order valence-corrected chi connectivity index (χ1v) is 6.43. The molecule has 0 fully saturated rings. The van der Waals surface area contributed by atoms with Gasteiger partial charge in [-0.25, -0.2) is 0 Å². The Morgan fingerprint density at radius 1 is 1.38 bits per heavy atom. The zero-order valence-electron chi connectivity index (χ0n) is 8.88. The smallest absolute Gasteiger partial charge is 0.158 e. The third-order valence-electron chi connectivity index (χ3n) is 2.43. The highest BCUT2D eigenvalue weighted by Crippen LogP contribution is 2.17. The van der Waals surface area contributed by atoms with Crippen LogP contribution in [0.3, 0.4) is 0 Å². The molecule has 0 aromatic heterocycles. The van der Waals surface area contributed by atoms with Gasteiger partial charge in [0.1, 0.15) is 0 Å². The Balaban J connectivity index is 4.29. The Labute approximate surface area is 82.8 Å². The number of rotatable bonds is 7. The van der Waals surface area contributed by atoms with Crippen molar-refractivity contribution < 1.29 is 9.47 Å². The predicted molar refractivity (Wildman–Crippen MR) is 57.4 cm³/mol. The van der Waals surface area contributed by atoms with E-state index in [-0.39, 0.29) is 6.04 Å². The van der Waals surface area contributed by atoms with Crippen molar-refractivity contribution in [1.82, 2.24) is 0 Å². The van der Waals surface area contributed by atoms with E-state index in [4.69, 9.17) is 20.9 Å². The second-order valence-corrected chi connectivity index (χ2v) is 5.32. The minimum Gasteiger partial charge on any atom is -0.356 e. The summed E-state index contributed by atoms with van der Waals surface area (Å²) in [6, 6.07) is 0.954. The zero-order valence-corrected chi connectivity index (χ0v) is 10.3. The van der Waals surface area contributed by atoms with Crippen LogP contribution in [0, 0.1) is 0 Å². The molecule has 80 valence electrons. The lowest BCUT2D eigenvalue weighted by molar-refractivity contribution is -0.159. The van der Waals surface area contributed by atoms with Crippen LogP contribution in [0.2, 0.25) is 6.04 Å². The average Bonchev–Trinajstić information content (AvgIpc) is 2.19. The molecule has 0 saturated heterocycles. The van der Waals surface area contributed by atoms with Gasteiger partial charge in [-0.05, 0) is 19.0 Å². The van der Waals surface area contributed by atoms with E-state index in [0.29, 0.717) is 6.54 Å². The Morgan fingerprint density at radius 3 is 2.23 bits per heavy atom. The van der Waals surface area contributed by atoms with Crippen molar-refractivity contribution >= 4 is 9.52 Å². The van der Waals surface area contributed by atoms with Crippen LogP contribution in [0.4, 0.5) is 0 Å². The monoisotopic (exact) mass is 206 g/mol. The summed E-state index contributed by atoms with van der Waals surface area (Å²) in [4.78, 5) is 0. The number of methoxy groups -OCH3 is 2. The fourth-order valence-corrected chi connectivity index (χ4v) is 3.20. The van der Waals surface area contributed by atoms with E-state index in [2.05, 4.69) is 0 Å². The van der Waals surface area contributed by atoms with Crippen molar-refractivity contribution in [2.45, 2.75) is 30.8 Å². The Bertz CT molecular complexity index is 131. The molecule has 0 spiro atoms. The summed E-state index contributed by atoms with van der Waals surface area (Å²) in [5.41, 5.74) is 10.9. The second-order valence-electron chi connectivity index (χ2n) is 3.13. The quantitative estimate of drug-likeness (QED) is 0.423. The first-order valence-electron chi connectivity index (χ1n) is 4.72. The molecule has 4 nitrogen and oxygen atoms in total. The minimum absolute atomic E-state index is 0.0410. The molecule has 4 N–H and O–H groups in total. The van der Waals surface area contributed by atoms with Gasteiger partial charge in [0, 0.05) is 14.2 Å². The van der Waals surface area contributed by atoms with Gasteiger partial charge in [-0.15, -0.1) is 0 Å². The van der Waals surface area contributed by atoms with Crippen LogP contribution >= 0.6 is 0 Å². The molecule has 13 heavy (non-hydrogen) atoms. The number of nitrogens with two attached hydrogens (primary N) is 2. The lowest BCUT2D eigenvalue weighted by Gasteiger charge is -2.35. The summed E-state index contributed by atoms with van der Waals surface area (Å²) >= 11 is 0. The van der Waals surface area contributed by atoms with Crippen LogP contribution in [0.15, 0.2) is 0 Å². The average molecular weight is 206 g/mol. The molecule has 0 aliphatic rings. The summed E-state index contributed by atoms with van der Waals surface area (Å²) in [5.74, 6) is 0. The van der Waals surface area contributed by atoms with Crippen molar-refractivity contribution in [3.8, 4) is 0 Å². The molecule has 0 saturated carbocycles. The van der Waals surface area contributed by atoms with Gasteiger partial charge in [-0.3, -0.25) is 0 Å². The molecule has 0 aromatic carbocycles. The highest BCUT2D eigenvalue weighted by Gasteiger charge is 2.35. The van der Waals surface area contributed by atoms with Gasteiger partial charge in [0.05, 0.1) is 15.6 Å². The largest absolute Gasteiger partial charge is 0.356 e. The predicted octanol–water partition coefficient (Wildman–Crippen LogP) is -0.784. The second kappa shape index (κ2) is 6.50. The molecule has 0 rings (SSSR count). The summed E-state index contributed by atoms with van der Waals surface area (Å²) < 4.78 is 10.8. The Kier molecular flexibility index (Phi) is 6.53. The molecule has 0 radical (unpaired) electrons. The van der Waals surface area contributed by atoms with Gasteiger partial charge in [-0.1, -0.05) is 6.92 Å². The molecule has 0 aliphatic carbocycles. The third kappa shape index (κ3) is 3.36. The fourth-order valence-electron chi connectivity index (χ4n) is 1.44. The van der Waals surface area contributed by atoms with E-state index in [0.717, 1.165) is 12.5 Å². The van der Waals surface area contributed by atoms with Crippen molar-refractivity contribution in [3.05, 3.63) is 0 Å². The summed E-state index contributed by atoms with van der Waals surface area (Å²) in [5, 5.41) is 0. The molecule has 1 atom stereocenters. The minimum atomic E-state index is -0.535. The zero-order chi connectivity index (χ0) is 10.3. The van der Waals surface area contributed by atoms with Crippen LogP contribution in [0.5, 0.6) is 0 Å². The van der Waals surface area contributed by atoms with Crippen molar-refractivity contribution in [1.29, 1.82) is 0 Å². The first kappa shape index (κ1) is 13.1. The van der Waals surface area contributed by atoms with Gasteiger partial charge in [0.25, 0.3) is 0 Å². The van der Waals surface area contributed by atoms with Gasteiger partial charge in [0.15, 0.2) is 5.41 Å².